The molecule has 27 heavy (non-hydrogen) atoms. The molecule has 3 aliphatic rings. The lowest BCUT2D eigenvalue weighted by Gasteiger charge is -2.27. The fraction of sp³-hybridized carbons (Fsp3) is 0.500. The van der Waals surface area contributed by atoms with Gasteiger partial charge in [-0.1, -0.05) is 37.1 Å². The van der Waals surface area contributed by atoms with Gasteiger partial charge in [-0.15, -0.1) is 0 Å². The van der Waals surface area contributed by atoms with E-state index in [1.165, 1.54) is 5.56 Å². The number of imide groups is 2. The Hall–Kier alpha value is -2.70. The van der Waals surface area contributed by atoms with E-state index in [0.717, 1.165) is 60.3 Å². The van der Waals surface area contributed by atoms with Crippen molar-refractivity contribution in [1.82, 2.24) is 15.1 Å². The van der Waals surface area contributed by atoms with Gasteiger partial charge in [0.25, 0.3) is 0 Å². The van der Waals surface area contributed by atoms with E-state index in [1.54, 1.807) is 0 Å². The highest BCUT2D eigenvalue weighted by Crippen LogP contribution is 2.30. The number of nitrogens with zero attached hydrogens (tertiary/aromatic N) is 2. The third kappa shape index (κ3) is 3.22. The minimum absolute atomic E-state index is 0.128. The van der Waals surface area contributed by atoms with Gasteiger partial charge in [0.05, 0.1) is 6.04 Å². The molecule has 0 spiro atoms. The molecule has 2 aliphatic carbocycles. The molecule has 1 aliphatic heterocycles. The molecule has 0 unspecified atom stereocenters. The first-order valence-corrected chi connectivity index (χ1v) is 9.62. The predicted molar refractivity (Wildman–Crippen MR) is 96.5 cm³/mol. The van der Waals surface area contributed by atoms with Crippen LogP contribution in [0.1, 0.15) is 55.7 Å². The zero-order valence-corrected chi connectivity index (χ0v) is 15.1. The molecule has 1 atom stereocenters. The average Bonchev–Trinajstić information content (AvgIpc) is 3.26. The fourth-order valence-electron chi connectivity index (χ4n) is 4.43. The minimum atomic E-state index is -0.897. The second-order valence-electron chi connectivity index (χ2n) is 7.50. The van der Waals surface area contributed by atoms with Gasteiger partial charge in [0, 0.05) is 6.04 Å². The second kappa shape index (κ2) is 7.13. The SMILES string of the molecule is O=C(CN1C(=O)C(=O)N(C2CCCC2)C1=O)N[C@H]1CCCc2ccccc21. The molecule has 1 saturated carbocycles. The van der Waals surface area contributed by atoms with Crippen LogP contribution >= 0.6 is 0 Å². The molecule has 1 N–H and O–H groups in total. The number of urea groups is 1. The van der Waals surface area contributed by atoms with Crippen molar-refractivity contribution in [2.75, 3.05) is 6.54 Å². The summed E-state index contributed by atoms with van der Waals surface area (Å²) in [6.45, 7) is -0.411. The van der Waals surface area contributed by atoms with Crippen LogP contribution in [0.3, 0.4) is 0 Å². The van der Waals surface area contributed by atoms with Crippen molar-refractivity contribution >= 4 is 23.8 Å². The molecule has 1 heterocycles. The Morgan fingerprint density at radius 3 is 2.52 bits per heavy atom. The summed E-state index contributed by atoms with van der Waals surface area (Å²) in [7, 11) is 0. The van der Waals surface area contributed by atoms with Gasteiger partial charge in [-0.2, -0.15) is 0 Å². The smallest absolute Gasteiger partial charge is 0.334 e. The first kappa shape index (κ1) is 17.7. The molecule has 142 valence electrons. The van der Waals surface area contributed by atoms with Crippen LogP contribution in [-0.4, -0.2) is 46.1 Å². The van der Waals surface area contributed by atoms with Crippen molar-refractivity contribution in [2.45, 2.75) is 57.0 Å². The van der Waals surface area contributed by atoms with Gasteiger partial charge in [-0.25, -0.2) is 9.69 Å². The summed E-state index contributed by atoms with van der Waals surface area (Å²) < 4.78 is 0. The molecule has 1 aromatic carbocycles. The van der Waals surface area contributed by atoms with E-state index < -0.39 is 30.3 Å². The molecular formula is C20H23N3O4. The number of hydrogen-bond donors (Lipinski definition) is 1. The largest absolute Gasteiger partial charge is 0.348 e. The molecule has 4 rings (SSSR count). The minimum Gasteiger partial charge on any atom is -0.348 e. The lowest BCUT2D eigenvalue weighted by Crippen LogP contribution is -2.44. The van der Waals surface area contributed by atoms with Crippen molar-refractivity contribution in [3.05, 3.63) is 35.4 Å². The number of amides is 5. The van der Waals surface area contributed by atoms with Crippen molar-refractivity contribution in [2.24, 2.45) is 0 Å². The van der Waals surface area contributed by atoms with Crippen molar-refractivity contribution in [1.29, 1.82) is 0 Å². The van der Waals surface area contributed by atoms with E-state index in [2.05, 4.69) is 11.4 Å². The number of carbonyl (C=O) groups is 4. The molecule has 1 aromatic rings. The molecule has 0 bridgehead atoms. The van der Waals surface area contributed by atoms with Gasteiger partial charge >= 0.3 is 17.8 Å². The number of nitrogens with one attached hydrogen (secondary N) is 1. The fourth-order valence-corrected chi connectivity index (χ4v) is 4.43. The Morgan fingerprint density at radius 1 is 1.00 bits per heavy atom. The molecular weight excluding hydrogens is 346 g/mol. The van der Waals surface area contributed by atoms with Crippen molar-refractivity contribution in [3.63, 3.8) is 0 Å². The molecule has 5 amide bonds. The van der Waals surface area contributed by atoms with Crippen LogP contribution in [0.2, 0.25) is 0 Å². The Kier molecular flexibility index (Phi) is 4.68. The van der Waals surface area contributed by atoms with Crippen LogP contribution in [0.25, 0.3) is 0 Å². The van der Waals surface area contributed by atoms with E-state index in [0.29, 0.717) is 0 Å². The number of rotatable bonds is 4. The van der Waals surface area contributed by atoms with Gasteiger partial charge in [0.1, 0.15) is 6.54 Å². The zero-order valence-electron chi connectivity index (χ0n) is 15.1. The highest BCUT2D eigenvalue weighted by Gasteiger charge is 2.48. The van der Waals surface area contributed by atoms with E-state index in [9.17, 15) is 19.2 Å². The van der Waals surface area contributed by atoms with Crippen LogP contribution in [0.4, 0.5) is 4.79 Å². The molecule has 0 aromatic heterocycles. The molecule has 2 fully saturated rings. The van der Waals surface area contributed by atoms with Crippen LogP contribution in [0.5, 0.6) is 0 Å². The van der Waals surface area contributed by atoms with Gasteiger partial charge in [-0.3, -0.25) is 19.3 Å². The lowest BCUT2D eigenvalue weighted by molar-refractivity contribution is -0.144. The Balaban J connectivity index is 1.43. The predicted octanol–water partition coefficient (Wildman–Crippen LogP) is 1.91. The van der Waals surface area contributed by atoms with E-state index in [-0.39, 0.29) is 12.1 Å². The molecule has 1 saturated heterocycles. The summed E-state index contributed by atoms with van der Waals surface area (Å²) in [5.74, 6) is -2.12. The Morgan fingerprint density at radius 2 is 1.74 bits per heavy atom. The summed E-state index contributed by atoms with van der Waals surface area (Å²) >= 11 is 0. The monoisotopic (exact) mass is 369 g/mol. The van der Waals surface area contributed by atoms with Crippen molar-refractivity contribution in [3.8, 4) is 0 Å². The lowest BCUT2D eigenvalue weighted by atomic mass is 9.88. The Labute approximate surface area is 157 Å². The van der Waals surface area contributed by atoms with E-state index >= 15 is 0 Å². The third-order valence-corrected chi connectivity index (χ3v) is 5.78. The van der Waals surface area contributed by atoms with Crippen LogP contribution in [-0.2, 0) is 20.8 Å². The van der Waals surface area contributed by atoms with Crippen molar-refractivity contribution < 1.29 is 19.2 Å². The molecule has 0 radical (unpaired) electrons. The van der Waals surface area contributed by atoms with Crippen LogP contribution < -0.4 is 5.32 Å². The highest BCUT2D eigenvalue weighted by molar-refractivity contribution is 6.45. The summed E-state index contributed by atoms with van der Waals surface area (Å²) in [4.78, 5) is 51.4. The first-order chi connectivity index (χ1) is 13.1. The standard InChI is InChI=1S/C20H23N3O4/c24-17(21-16-11-5-7-13-6-1-4-10-15(13)16)12-22-18(25)19(26)23(20(22)27)14-8-2-3-9-14/h1,4,6,10,14,16H,2-3,5,7-9,11-12H2,(H,21,24)/t16-/m0/s1. The van der Waals surface area contributed by atoms with Gasteiger partial charge < -0.3 is 5.32 Å². The number of hydrogen-bond acceptors (Lipinski definition) is 4. The van der Waals surface area contributed by atoms with Crippen LogP contribution in [0.15, 0.2) is 24.3 Å². The maximum Gasteiger partial charge on any atom is 0.334 e. The molecule has 7 heteroatoms. The van der Waals surface area contributed by atoms with E-state index in [1.807, 2.05) is 18.2 Å². The van der Waals surface area contributed by atoms with Gasteiger partial charge in [0.2, 0.25) is 5.91 Å². The summed E-state index contributed by atoms with van der Waals surface area (Å²) in [5.41, 5.74) is 2.30. The first-order valence-electron chi connectivity index (χ1n) is 9.62. The second-order valence-corrected chi connectivity index (χ2v) is 7.50. The summed E-state index contributed by atoms with van der Waals surface area (Å²) in [6.07, 6.45) is 6.11. The highest BCUT2D eigenvalue weighted by atomic mass is 16.2. The topological polar surface area (TPSA) is 86.8 Å². The summed E-state index contributed by atoms with van der Waals surface area (Å²) in [5, 5.41) is 2.93. The summed E-state index contributed by atoms with van der Waals surface area (Å²) in [6, 6.07) is 6.97. The quantitative estimate of drug-likeness (QED) is 0.649. The maximum atomic E-state index is 12.6. The Bertz CT molecular complexity index is 800. The zero-order chi connectivity index (χ0) is 19.0. The number of fused-ring (bicyclic) bond motifs is 1. The molecule has 7 nitrogen and oxygen atoms in total. The van der Waals surface area contributed by atoms with Gasteiger partial charge in [-0.05, 0) is 43.2 Å². The number of benzene rings is 1. The van der Waals surface area contributed by atoms with Gasteiger partial charge in [0.15, 0.2) is 0 Å². The van der Waals surface area contributed by atoms with Crippen LogP contribution in [0, 0.1) is 0 Å². The average molecular weight is 369 g/mol. The number of carbonyl (C=O) groups excluding carboxylic acids is 4. The third-order valence-electron chi connectivity index (χ3n) is 5.78. The normalized spacial score (nSPS) is 23.1. The van der Waals surface area contributed by atoms with E-state index in [4.69, 9.17) is 0 Å². The number of aryl methyl sites for hydroxylation is 1. The maximum absolute atomic E-state index is 12.6.